The highest BCUT2D eigenvalue weighted by atomic mass is 35.5. The first-order chi connectivity index (χ1) is 12.1. The molecule has 0 spiro atoms. The average Bonchev–Trinajstić information content (AvgIpc) is 3.45. The summed E-state index contributed by atoms with van der Waals surface area (Å²) in [6.45, 7) is 3.84. The first kappa shape index (κ1) is 20.5. The highest BCUT2D eigenvalue weighted by molar-refractivity contribution is 5.85. The molecule has 2 fully saturated rings. The Morgan fingerprint density at radius 1 is 1.15 bits per heavy atom. The maximum atomic E-state index is 12.3. The molecule has 7 heteroatoms. The van der Waals surface area contributed by atoms with Gasteiger partial charge in [0.05, 0.1) is 6.04 Å². The lowest BCUT2D eigenvalue weighted by molar-refractivity contribution is -0.126. The zero-order valence-corrected chi connectivity index (χ0v) is 15.9. The maximum Gasteiger partial charge on any atom is 0.258 e. The summed E-state index contributed by atoms with van der Waals surface area (Å²) in [4.78, 5) is 23.9. The lowest BCUT2D eigenvalue weighted by Crippen LogP contribution is -2.39. The van der Waals surface area contributed by atoms with Gasteiger partial charge in [0.2, 0.25) is 5.91 Å². The predicted molar refractivity (Wildman–Crippen MR) is 103 cm³/mol. The van der Waals surface area contributed by atoms with Gasteiger partial charge >= 0.3 is 0 Å². The van der Waals surface area contributed by atoms with Crippen LogP contribution in [0.2, 0.25) is 0 Å². The maximum absolute atomic E-state index is 12.3. The highest BCUT2D eigenvalue weighted by Crippen LogP contribution is 2.20. The van der Waals surface area contributed by atoms with Crippen molar-refractivity contribution in [3.8, 4) is 5.75 Å². The van der Waals surface area contributed by atoms with E-state index >= 15 is 0 Å². The summed E-state index contributed by atoms with van der Waals surface area (Å²) in [7, 11) is 0. The van der Waals surface area contributed by atoms with E-state index in [1.807, 2.05) is 31.2 Å². The van der Waals surface area contributed by atoms with Crippen molar-refractivity contribution in [1.29, 1.82) is 0 Å². The standard InChI is InChI=1S/C19H27N3O3.ClH/c1-13(21-19(24)15-8-10-20-11-9-15)14-2-6-17(7-3-14)25-12-18(23)22-16-4-5-16;/h2-3,6-7,13,15-16,20H,4-5,8-12H2,1H3,(H,21,24)(H,22,23);1H. The lowest BCUT2D eigenvalue weighted by Gasteiger charge is -2.24. The molecule has 26 heavy (non-hydrogen) atoms. The summed E-state index contributed by atoms with van der Waals surface area (Å²) < 4.78 is 5.50. The smallest absolute Gasteiger partial charge is 0.258 e. The molecule has 1 aliphatic carbocycles. The molecule has 0 radical (unpaired) electrons. The number of nitrogens with one attached hydrogen (secondary N) is 3. The van der Waals surface area contributed by atoms with Crippen LogP contribution in [0.1, 0.15) is 44.2 Å². The average molecular weight is 382 g/mol. The Bertz CT molecular complexity index is 599. The van der Waals surface area contributed by atoms with E-state index in [1.165, 1.54) is 0 Å². The topological polar surface area (TPSA) is 79.5 Å². The predicted octanol–water partition coefficient (Wildman–Crippen LogP) is 1.94. The zero-order chi connectivity index (χ0) is 17.6. The second-order valence-corrected chi connectivity index (χ2v) is 6.95. The largest absolute Gasteiger partial charge is 0.484 e. The third kappa shape index (κ3) is 6.18. The molecule has 1 unspecified atom stereocenters. The molecule has 1 heterocycles. The molecular formula is C19H28ClN3O3. The quantitative estimate of drug-likeness (QED) is 0.674. The minimum atomic E-state index is -0.0748. The SMILES string of the molecule is CC(NC(=O)C1CCNCC1)c1ccc(OCC(=O)NC2CC2)cc1.Cl. The van der Waals surface area contributed by atoms with Crippen molar-refractivity contribution < 1.29 is 14.3 Å². The van der Waals surface area contributed by atoms with Gasteiger partial charge in [0.25, 0.3) is 5.91 Å². The number of benzene rings is 1. The van der Waals surface area contributed by atoms with Crippen molar-refractivity contribution in [2.45, 2.75) is 44.7 Å². The van der Waals surface area contributed by atoms with Crippen LogP contribution in [0.4, 0.5) is 0 Å². The van der Waals surface area contributed by atoms with Crippen molar-refractivity contribution in [2.24, 2.45) is 5.92 Å². The van der Waals surface area contributed by atoms with Gasteiger partial charge in [-0.05, 0) is 63.4 Å². The van der Waals surface area contributed by atoms with Crippen molar-refractivity contribution in [2.75, 3.05) is 19.7 Å². The Kier molecular flexibility index (Phi) is 7.72. The highest BCUT2D eigenvalue weighted by Gasteiger charge is 2.23. The van der Waals surface area contributed by atoms with Crippen LogP contribution >= 0.6 is 12.4 Å². The lowest BCUT2D eigenvalue weighted by atomic mass is 9.96. The van der Waals surface area contributed by atoms with Crippen molar-refractivity contribution in [3.63, 3.8) is 0 Å². The number of hydrogen-bond acceptors (Lipinski definition) is 4. The molecule has 1 saturated carbocycles. The van der Waals surface area contributed by atoms with Gasteiger partial charge in [0.15, 0.2) is 6.61 Å². The number of carbonyl (C=O) groups excluding carboxylic acids is 2. The van der Waals surface area contributed by atoms with Crippen molar-refractivity contribution in [3.05, 3.63) is 29.8 Å². The summed E-state index contributed by atoms with van der Waals surface area (Å²) >= 11 is 0. The number of ether oxygens (including phenoxy) is 1. The third-order valence-corrected chi connectivity index (χ3v) is 4.76. The van der Waals surface area contributed by atoms with Crippen LogP contribution < -0.4 is 20.7 Å². The van der Waals surface area contributed by atoms with Crippen LogP contribution in [-0.2, 0) is 9.59 Å². The van der Waals surface area contributed by atoms with Gasteiger partial charge in [0.1, 0.15) is 5.75 Å². The molecule has 1 aromatic carbocycles. The summed E-state index contributed by atoms with van der Waals surface area (Å²) in [5, 5.41) is 9.26. The van der Waals surface area contributed by atoms with Crippen LogP contribution in [0.5, 0.6) is 5.75 Å². The number of hydrogen-bond donors (Lipinski definition) is 3. The number of amides is 2. The van der Waals surface area contributed by atoms with E-state index in [0.29, 0.717) is 11.8 Å². The number of carbonyl (C=O) groups is 2. The first-order valence-electron chi connectivity index (χ1n) is 9.15. The molecule has 6 nitrogen and oxygen atoms in total. The molecule has 3 rings (SSSR count). The number of rotatable bonds is 7. The second-order valence-electron chi connectivity index (χ2n) is 6.95. The van der Waals surface area contributed by atoms with E-state index in [4.69, 9.17) is 4.74 Å². The molecule has 1 aromatic rings. The van der Waals surface area contributed by atoms with Crippen LogP contribution in [0.15, 0.2) is 24.3 Å². The molecule has 2 amide bonds. The van der Waals surface area contributed by atoms with E-state index in [9.17, 15) is 9.59 Å². The van der Waals surface area contributed by atoms with Crippen LogP contribution in [0.25, 0.3) is 0 Å². The third-order valence-electron chi connectivity index (χ3n) is 4.76. The summed E-state index contributed by atoms with van der Waals surface area (Å²) in [6.07, 6.45) is 3.94. The molecule has 2 aliphatic rings. The van der Waals surface area contributed by atoms with Crippen molar-refractivity contribution in [1.82, 2.24) is 16.0 Å². The van der Waals surface area contributed by atoms with Crippen LogP contribution in [0.3, 0.4) is 0 Å². The van der Waals surface area contributed by atoms with Gasteiger partial charge in [-0.1, -0.05) is 12.1 Å². The minimum absolute atomic E-state index is 0. The van der Waals surface area contributed by atoms with Gasteiger partial charge in [-0.15, -0.1) is 12.4 Å². The van der Waals surface area contributed by atoms with Crippen LogP contribution in [-0.4, -0.2) is 37.6 Å². The van der Waals surface area contributed by atoms with Gasteiger partial charge in [0, 0.05) is 12.0 Å². The van der Waals surface area contributed by atoms with Gasteiger partial charge < -0.3 is 20.7 Å². The molecular weight excluding hydrogens is 354 g/mol. The summed E-state index contributed by atoms with van der Waals surface area (Å²) in [6, 6.07) is 7.85. The molecule has 1 saturated heterocycles. The first-order valence-corrected chi connectivity index (χ1v) is 9.15. The monoisotopic (exact) mass is 381 g/mol. The second kappa shape index (κ2) is 9.78. The molecule has 0 bridgehead atoms. The van der Waals surface area contributed by atoms with E-state index < -0.39 is 0 Å². The fourth-order valence-corrected chi connectivity index (χ4v) is 3.00. The summed E-state index contributed by atoms with van der Waals surface area (Å²) in [5.74, 6) is 0.822. The van der Waals surface area contributed by atoms with E-state index in [1.54, 1.807) is 0 Å². The number of piperidine rings is 1. The van der Waals surface area contributed by atoms with Crippen LogP contribution in [0, 0.1) is 5.92 Å². The molecule has 0 aromatic heterocycles. The van der Waals surface area contributed by atoms with Gasteiger partial charge in [-0.25, -0.2) is 0 Å². The molecule has 1 atom stereocenters. The Morgan fingerprint density at radius 3 is 2.42 bits per heavy atom. The molecule has 1 aliphatic heterocycles. The Hall–Kier alpha value is -1.79. The van der Waals surface area contributed by atoms with Gasteiger partial charge in [-0.3, -0.25) is 9.59 Å². The minimum Gasteiger partial charge on any atom is -0.484 e. The van der Waals surface area contributed by atoms with E-state index in [-0.39, 0.29) is 42.8 Å². The van der Waals surface area contributed by atoms with Gasteiger partial charge in [-0.2, -0.15) is 0 Å². The molecule has 3 N–H and O–H groups in total. The van der Waals surface area contributed by atoms with E-state index in [0.717, 1.165) is 44.3 Å². The Balaban J connectivity index is 0.00000243. The summed E-state index contributed by atoms with van der Waals surface area (Å²) in [5.41, 5.74) is 1.03. The van der Waals surface area contributed by atoms with E-state index in [2.05, 4.69) is 16.0 Å². The van der Waals surface area contributed by atoms with Crippen molar-refractivity contribution >= 4 is 24.2 Å². The fourth-order valence-electron chi connectivity index (χ4n) is 3.00. The normalized spacial score (nSPS) is 18.3. The Morgan fingerprint density at radius 2 is 1.81 bits per heavy atom. The molecule has 144 valence electrons. The Labute approximate surface area is 160 Å². The number of halogens is 1. The zero-order valence-electron chi connectivity index (χ0n) is 15.1. The fraction of sp³-hybridized carbons (Fsp3) is 0.579.